The van der Waals surface area contributed by atoms with Gasteiger partial charge in [-0.2, -0.15) is 0 Å². The van der Waals surface area contributed by atoms with E-state index in [1.54, 1.807) is 24.3 Å². The Bertz CT molecular complexity index is 901. The molecule has 2 N–H and O–H groups in total. The van der Waals surface area contributed by atoms with Crippen molar-refractivity contribution in [2.45, 2.75) is 13.0 Å². The lowest BCUT2D eigenvalue weighted by Gasteiger charge is -2.07. The predicted molar refractivity (Wildman–Crippen MR) is 103 cm³/mol. The summed E-state index contributed by atoms with van der Waals surface area (Å²) in [5.41, 5.74) is 2.21. The minimum absolute atomic E-state index is 0.244. The molecule has 7 heteroatoms. The summed E-state index contributed by atoms with van der Waals surface area (Å²) in [7, 11) is 0. The van der Waals surface area contributed by atoms with Gasteiger partial charge in [-0.3, -0.25) is 4.79 Å². The molecule has 0 radical (unpaired) electrons. The van der Waals surface area contributed by atoms with E-state index in [0.717, 1.165) is 11.1 Å². The van der Waals surface area contributed by atoms with E-state index in [4.69, 9.17) is 11.6 Å². The Labute approximate surface area is 161 Å². The van der Waals surface area contributed by atoms with Gasteiger partial charge in [-0.15, -0.1) is 10.2 Å². The van der Waals surface area contributed by atoms with E-state index in [9.17, 15) is 9.18 Å². The van der Waals surface area contributed by atoms with Gasteiger partial charge < -0.3 is 10.6 Å². The summed E-state index contributed by atoms with van der Waals surface area (Å²) in [5, 5.41) is 14.5. The van der Waals surface area contributed by atoms with E-state index in [1.807, 2.05) is 24.3 Å². The average molecular weight is 385 g/mol. The summed E-state index contributed by atoms with van der Waals surface area (Å²) in [6.45, 7) is 0.964. The van der Waals surface area contributed by atoms with Crippen molar-refractivity contribution >= 4 is 23.3 Å². The highest BCUT2D eigenvalue weighted by Crippen LogP contribution is 2.11. The summed E-state index contributed by atoms with van der Waals surface area (Å²) in [6.07, 6.45) is 0.678. The van der Waals surface area contributed by atoms with E-state index in [1.165, 1.54) is 12.1 Å². The summed E-state index contributed by atoms with van der Waals surface area (Å²) in [5.74, 6) is -0.0197. The SMILES string of the molecule is O=C(NCCc1cccc(Cl)c1)c1ccc(NCc2ccc(F)cc2)nn1. The van der Waals surface area contributed by atoms with Crippen LogP contribution in [0.2, 0.25) is 5.02 Å². The van der Waals surface area contributed by atoms with Gasteiger partial charge >= 0.3 is 0 Å². The minimum atomic E-state index is -0.283. The molecule has 0 spiro atoms. The van der Waals surface area contributed by atoms with Crippen LogP contribution in [0.3, 0.4) is 0 Å². The molecule has 0 unspecified atom stereocenters. The van der Waals surface area contributed by atoms with Crippen molar-refractivity contribution < 1.29 is 9.18 Å². The Balaban J connectivity index is 1.47. The molecule has 3 rings (SSSR count). The molecule has 138 valence electrons. The summed E-state index contributed by atoms with van der Waals surface area (Å²) >= 11 is 5.94. The fourth-order valence-corrected chi connectivity index (χ4v) is 2.66. The molecule has 5 nitrogen and oxygen atoms in total. The standard InChI is InChI=1S/C20H18ClFN4O/c21-16-3-1-2-14(12-16)10-11-23-20(27)18-8-9-19(26-25-18)24-13-15-4-6-17(22)7-5-15/h1-9,12H,10-11,13H2,(H,23,27)(H,24,26). The lowest BCUT2D eigenvalue weighted by atomic mass is 10.1. The molecule has 1 heterocycles. The number of amides is 1. The first-order valence-electron chi connectivity index (χ1n) is 8.45. The molecule has 27 heavy (non-hydrogen) atoms. The number of anilines is 1. The van der Waals surface area contributed by atoms with Crippen LogP contribution >= 0.6 is 11.6 Å². The smallest absolute Gasteiger partial charge is 0.271 e. The van der Waals surface area contributed by atoms with Crippen molar-refractivity contribution in [3.8, 4) is 0 Å². The van der Waals surface area contributed by atoms with Crippen molar-refractivity contribution in [2.24, 2.45) is 0 Å². The summed E-state index contributed by atoms with van der Waals surface area (Å²) < 4.78 is 12.9. The Kier molecular flexibility index (Phi) is 6.33. The largest absolute Gasteiger partial charge is 0.365 e. The van der Waals surface area contributed by atoms with Gasteiger partial charge in [0.25, 0.3) is 5.91 Å². The Morgan fingerprint density at radius 1 is 1.00 bits per heavy atom. The molecule has 0 bridgehead atoms. The molecule has 0 saturated carbocycles. The first-order chi connectivity index (χ1) is 13.1. The van der Waals surface area contributed by atoms with Crippen LogP contribution in [-0.4, -0.2) is 22.6 Å². The molecule has 0 atom stereocenters. The highest BCUT2D eigenvalue weighted by molar-refractivity contribution is 6.30. The topological polar surface area (TPSA) is 66.9 Å². The third-order valence-corrected chi connectivity index (χ3v) is 4.11. The fourth-order valence-electron chi connectivity index (χ4n) is 2.45. The van der Waals surface area contributed by atoms with Gasteiger partial charge in [0.05, 0.1) is 0 Å². The van der Waals surface area contributed by atoms with Crippen LogP contribution in [0.4, 0.5) is 10.2 Å². The second kappa shape index (κ2) is 9.09. The zero-order chi connectivity index (χ0) is 19.1. The molecule has 1 aromatic heterocycles. The molecule has 1 amide bonds. The van der Waals surface area contributed by atoms with Crippen LogP contribution in [0, 0.1) is 5.82 Å². The molecule has 3 aromatic rings. The molecule has 0 aliphatic heterocycles. The van der Waals surface area contributed by atoms with Gasteiger partial charge in [0.15, 0.2) is 5.69 Å². The highest BCUT2D eigenvalue weighted by Gasteiger charge is 2.08. The third kappa shape index (κ3) is 5.76. The third-order valence-electron chi connectivity index (χ3n) is 3.87. The van der Waals surface area contributed by atoms with Crippen LogP contribution in [0.15, 0.2) is 60.7 Å². The van der Waals surface area contributed by atoms with E-state index >= 15 is 0 Å². The first-order valence-corrected chi connectivity index (χ1v) is 8.82. The highest BCUT2D eigenvalue weighted by atomic mass is 35.5. The van der Waals surface area contributed by atoms with Crippen molar-refractivity contribution in [1.82, 2.24) is 15.5 Å². The molecular weight excluding hydrogens is 367 g/mol. The zero-order valence-electron chi connectivity index (χ0n) is 14.5. The molecular formula is C20H18ClFN4O. The molecule has 0 aliphatic carbocycles. The van der Waals surface area contributed by atoms with E-state index in [2.05, 4.69) is 20.8 Å². The summed E-state index contributed by atoms with van der Waals surface area (Å²) in [4.78, 5) is 12.1. The lowest BCUT2D eigenvalue weighted by molar-refractivity contribution is 0.0948. The van der Waals surface area contributed by atoms with Gasteiger partial charge in [0, 0.05) is 18.1 Å². The number of carbonyl (C=O) groups is 1. The minimum Gasteiger partial charge on any atom is -0.365 e. The van der Waals surface area contributed by atoms with Crippen LogP contribution in [0.25, 0.3) is 0 Å². The molecule has 2 aromatic carbocycles. The van der Waals surface area contributed by atoms with Crippen LogP contribution < -0.4 is 10.6 Å². The summed E-state index contributed by atoms with van der Waals surface area (Å²) in [6, 6.07) is 17.0. The normalized spacial score (nSPS) is 10.4. The Hall–Kier alpha value is -2.99. The second-order valence-corrected chi connectivity index (χ2v) is 6.36. The van der Waals surface area contributed by atoms with Crippen LogP contribution in [0.1, 0.15) is 21.6 Å². The number of benzene rings is 2. The van der Waals surface area contributed by atoms with Gasteiger partial charge in [-0.1, -0.05) is 35.9 Å². The molecule has 0 fully saturated rings. The van der Waals surface area contributed by atoms with E-state index in [-0.39, 0.29) is 17.4 Å². The number of nitrogens with one attached hydrogen (secondary N) is 2. The van der Waals surface area contributed by atoms with Crippen LogP contribution in [0.5, 0.6) is 0 Å². The Morgan fingerprint density at radius 3 is 2.52 bits per heavy atom. The number of hydrogen-bond acceptors (Lipinski definition) is 4. The second-order valence-electron chi connectivity index (χ2n) is 5.92. The number of aromatic nitrogens is 2. The zero-order valence-corrected chi connectivity index (χ0v) is 15.2. The van der Waals surface area contributed by atoms with Gasteiger partial charge in [-0.25, -0.2) is 4.39 Å². The fraction of sp³-hybridized carbons (Fsp3) is 0.150. The Morgan fingerprint density at radius 2 is 1.81 bits per heavy atom. The maximum absolute atomic E-state index is 12.9. The first kappa shape index (κ1) is 18.8. The monoisotopic (exact) mass is 384 g/mol. The van der Waals surface area contributed by atoms with Gasteiger partial charge in [0.1, 0.15) is 11.6 Å². The maximum atomic E-state index is 12.9. The van der Waals surface area contributed by atoms with E-state index in [0.29, 0.717) is 30.4 Å². The number of nitrogens with zero attached hydrogens (tertiary/aromatic N) is 2. The van der Waals surface area contributed by atoms with Crippen molar-refractivity contribution in [1.29, 1.82) is 0 Å². The van der Waals surface area contributed by atoms with Gasteiger partial charge in [0.2, 0.25) is 0 Å². The van der Waals surface area contributed by atoms with Crippen molar-refractivity contribution in [3.63, 3.8) is 0 Å². The quantitative estimate of drug-likeness (QED) is 0.649. The number of hydrogen-bond donors (Lipinski definition) is 2. The van der Waals surface area contributed by atoms with Crippen molar-refractivity contribution in [3.05, 3.63) is 88.3 Å². The maximum Gasteiger partial charge on any atom is 0.271 e. The average Bonchev–Trinajstić information content (AvgIpc) is 2.68. The molecule has 0 aliphatic rings. The number of carbonyl (C=O) groups excluding carboxylic acids is 1. The predicted octanol–water partition coefficient (Wildman–Crippen LogP) is 3.85. The molecule has 0 saturated heterocycles. The van der Waals surface area contributed by atoms with E-state index < -0.39 is 0 Å². The lowest BCUT2D eigenvalue weighted by Crippen LogP contribution is -2.26. The van der Waals surface area contributed by atoms with Crippen LogP contribution in [-0.2, 0) is 13.0 Å². The number of halogens is 2. The van der Waals surface area contributed by atoms with Crippen molar-refractivity contribution in [2.75, 3.05) is 11.9 Å². The van der Waals surface area contributed by atoms with Gasteiger partial charge in [-0.05, 0) is 53.9 Å². The number of rotatable bonds is 7.